The zero-order chi connectivity index (χ0) is 16.3. The maximum absolute atomic E-state index is 9.10. The Hall–Kier alpha value is -1.35. The van der Waals surface area contributed by atoms with Crippen LogP contribution in [-0.4, -0.2) is 54.3 Å². The Morgan fingerprint density at radius 1 is 1.10 bits per heavy atom. The summed E-state index contributed by atoms with van der Waals surface area (Å²) in [7, 11) is 4.19. The number of benzene rings is 1. The van der Waals surface area contributed by atoms with Gasteiger partial charge in [0, 0.05) is 3.57 Å². The summed E-state index contributed by atoms with van der Waals surface area (Å²) in [6.07, 6.45) is 2.31. The number of unbranched alkanes of at least 4 members (excludes halogenated alkanes) is 1. The summed E-state index contributed by atoms with van der Waals surface area (Å²) in [5.41, 5.74) is 0. The lowest BCUT2D eigenvalue weighted by Gasteiger charge is -2.09. The topological polar surface area (TPSA) is 87.1 Å². The first kappa shape index (κ1) is 19.7. The Kier molecular flexibility index (Phi) is 10.6. The first-order valence-corrected chi connectivity index (χ1v) is 7.40. The van der Waals surface area contributed by atoms with Gasteiger partial charge < -0.3 is 19.8 Å². The molecule has 0 bridgehead atoms. The number of rotatable bonds is 6. The van der Waals surface area contributed by atoms with Gasteiger partial charge in [-0.1, -0.05) is 0 Å². The minimum absolute atomic E-state index is 0.814. The van der Waals surface area contributed by atoms with Crippen LogP contribution in [0.5, 0.6) is 5.75 Å². The molecule has 0 aliphatic rings. The summed E-state index contributed by atoms with van der Waals surface area (Å²) in [6.45, 7) is 1.95. The molecule has 1 rings (SSSR count). The van der Waals surface area contributed by atoms with E-state index in [1.807, 2.05) is 12.1 Å². The summed E-state index contributed by atoms with van der Waals surface area (Å²) in [4.78, 5) is 20.4. The number of halogens is 1. The van der Waals surface area contributed by atoms with Crippen molar-refractivity contribution in [3.8, 4) is 5.75 Å². The van der Waals surface area contributed by atoms with Gasteiger partial charge in [0.2, 0.25) is 0 Å². The second-order valence-electron chi connectivity index (χ2n) is 4.42. The van der Waals surface area contributed by atoms with Crippen molar-refractivity contribution in [3.63, 3.8) is 0 Å². The van der Waals surface area contributed by atoms with Crippen molar-refractivity contribution in [1.29, 1.82) is 0 Å². The normalized spacial score (nSPS) is 9.71. The highest BCUT2D eigenvalue weighted by molar-refractivity contribution is 14.1. The molecule has 0 amide bonds. The van der Waals surface area contributed by atoms with Gasteiger partial charge >= 0.3 is 11.9 Å². The Morgan fingerprint density at radius 3 is 2.05 bits per heavy atom. The third-order valence-electron chi connectivity index (χ3n) is 2.26. The molecule has 0 saturated carbocycles. The number of aliphatic carboxylic acids is 2. The molecule has 0 fully saturated rings. The first-order valence-electron chi connectivity index (χ1n) is 6.32. The van der Waals surface area contributed by atoms with Crippen LogP contribution in [0.3, 0.4) is 0 Å². The number of carboxylic acids is 2. The van der Waals surface area contributed by atoms with E-state index in [9.17, 15) is 0 Å². The molecular weight excluding hydrogens is 389 g/mol. The van der Waals surface area contributed by atoms with E-state index in [-0.39, 0.29) is 0 Å². The standard InChI is InChI=1S/C12H18INO.C2H2O4/c1-14(2)9-3-4-10-15-12-7-5-11(13)6-8-12;3-1(4)2(5)6/h5-8H,3-4,9-10H2,1-2H3;(H,3,4)(H,5,6). The van der Waals surface area contributed by atoms with Gasteiger partial charge in [-0.2, -0.15) is 0 Å². The quantitative estimate of drug-likeness (QED) is 0.426. The van der Waals surface area contributed by atoms with Gasteiger partial charge in [0.1, 0.15) is 5.75 Å². The zero-order valence-electron chi connectivity index (χ0n) is 12.1. The van der Waals surface area contributed by atoms with E-state index >= 15 is 0 Å². The van der Waals surface area contributed by atoms with Crippen molar-refractivity contribution in [3.05, 3.63) is 27.8 Å². The van der Waals surface area contributed by atoms with Crippen molar-refractivity contribution < 1.29 is 24.5 Å². The molecule has 0 saturated heterocycles. The number of hydrogen-bond acceptors (Lipinski definition) is 4. The zero-order valence-corrected chi connectivity index (χ0v) is 14.2. The number of carboxylic acid groups (broad SMARTS) is 2. The molecule has 6 nitrogen and oxygen atoms in total. The van der Waals surface area contributed by atoms with Crippen LogP contribution >= 0.6 is 22.6 Å². The average Bonchev–Trinajstić information content (AvgIpc) is 2.40. The van der Waals surface area contributed by atoms with E-state index in [0.717, 1.165) is 25.3 Å². The van der Waals surface area contributed by atoms with Gasteiger partial charge in [-0.3, -0.25) is 0 Å². The predicted molar refractivity (Wildman–Crippen MR) is 87.7 cm³/mol. The summed E-state index contributed by atoms with van der Waals surface area (Å²) in [5.74, 6) is -2.68. The lowest BCUT2D eigenvalue weighted by atomic mass is 10.3. The average molecular weight is 409 g/mol. The molecule has 0 atom stereocenters. The fourth-order valence-electron chi connectivity index (χ4n) is 1.25. The predicted octanol–water partition coefficient (Wildman–Crippen LogP) is 2.17. The second-order valence-corrected chi connectivity index (χ2v) is 5.67. The van der Waals surface area contributed by atoms with Gasteiger partial charge in [0.15, 0.2) is 0 Å². The van der Waals surface area contributed by atoms with Crippen LogP contribution in [0.1, 0.15) is 12.8 Å². The molecule has 118 valence electrons. The van der Waals surface area contributed by atoms with E-state index < -0.39 is 11.9 Å². The first-order chi connectivity index (χ1) is 9.82. The number of nitrogens with zero attached hydrogens (tertiary/aromatic N) is 1. The lowest BCUT2D eigenvalue weighted by Crippen LogP contribution is -2.13. The Bertz CT molecular complexity index is 421. The summed E-state index contributed by atoms with van der Waals surface area (Å²) in [6, 6.07) is 8.17. The number of carbonyl (C=O) groups is 2. The molecule has 2 N–H and O–H groups in total. The van der Waals surface area contributed by atoms with Crippen LogP contribution < -0.4 is 4.74 Å². The number of ether oxygens (including phenoxy) is 1. The van der Waals surface area contributed by atoms with Crippen LogP contribution in [0.15, 0.2) is 24.3 Å². The minimum atomic E-state index is -1.82. The van der Waals surface area contributed by atoms with E-state index in [4.69, 9.17) is 24.5 Å². The van der Waals surface area contributed by atoms with Crippen LogP contribution in [0.4, 0.5) is 0 Å². The molecule has 0 spiro atoms. The molecule has 0 unspecified atom stereocenters. The van der Waals surface area contributed by atoms with Gasteiger partial charge in [0.05, 0.1) is 6.61 Å². The number of hydrogen-bond donors (Lipinski definition) is 2. The molecule has 0 aliphatic carbocycles. The molecule has 0 aromatic heterocycles. The Morgan fingerprint density at radius 2 is 1.62 bits per heavy atom. The summed E-state index contributed by atoms with van der Waals surface area (Å²) >= 11 is 2.29. The molecule has 7 heteroatoms. The highest BCUT2D eigenvalue weighted by atomic mass is 127. The highest BCUT2D eigenvalue weighted by Gasteiger charge is 2.04. The third-order valence-corrected chi connectivity index (χ3v) is 2.98. The maximum Gasteiger partial charge on any atom is 0.414 e. The SMILES string of the molecule is CN(C)CCCCOc1ccc(I)cc1.O=C(O)C(=O)O. The van der Waals surface area contributed by atoms with Crippen molar-refractivity contribution in [2.24, 2.45) is 0 Å². The smallest absolute Gasteiger partial charge is 0.414 e. The van der Waals surface area contributed by atoms with Crippen molar-refractivity contribution in [2.75, 3.05) is 27.2 Å². The van der Waals surface area contributed by atoms with Crippen LogP contribution in [0.25, 0.3) is 0 Å². The summed E-state index contributed by atoms with van der Waals surface area (Å²) in [5, 5.41) is 14.8. The fourth-order valence-corrected chi connectivity index (χ4v) is 1.61. The van der Waals surface area contributed by atoms with Gasteiger partial charge in [0.25, 0.3) is 0 Å². The molecule has 21 heavy (non-hydrogen) atoms. The van der Waals surface area contributed by atoms with Crippen LogP contribution in [0, 0.1) is 3.57 Å². The lowest BCUT2D eigenvalue weighted by molar-refractivity contribution is -0.159. The monoisotopic (exact) mass is 409 g/mol. The van der Waals surface area contributed by atoms with Crippen molar-refractivity contribution in [2.45, 2.75) is 12.8 Å². The molecule has 1 aromatic rings. The molecule has 0 aliphatic heterocycles. The van der Waals surface area contributed by atoms with Crippen molar-refractivity contribution in [1.82, 2.24) is 4.90 Å². The molecule has 0 heterocycles. The summed E-state index contributed by atoms with van der Waals surface area (Å²) < 4.78 is 6.86. The van der Waals surface area contributed by atoms with E-state index in [1.165, 1.54) is 9.99 Å². The van der Waals surface area contributed by atoms with E-state index in [0.29, 0.717) is 0 Å². The Balaban J connectivity index is 0.000000567. The van der Waals surface area contributed by atoms with Crippen LogP contribution in [0.2, 0.25) is 0 Å². The molecule has 1 aromatic carbocycles. The largest absolute Gasteiger partial charge is 0.494 e. The van der Waals surface area contributed by atoms with Crippen molar-refractivity contribution >= 4 is 34.5 Å². The molecule has 0 radical (unpaired) electrons. The minimum Gasteiger partial charge on any atom is -0.494 e. The van der Waals surface area contributed by atoms with E-state index in [2.05, 4.69) is 53.7 Å². The van der Waals surface area contributed by atoms with Gasteiger partial charge in [-0.15, -0.1) is 0 Å². The van der Waals surface area contributed by atoms with Crippen LogP contribution in [-0.2, 0) is 9.59 Å². The molecular formula is C14H20INO5. The highest BCUT2D eigenvalue weighted by Crippen LogP contribution is 2.13. The Labute approximate surface area is 137 Å². The fraction of sp³-hybridized carbons (Fsp3) is 0.429. The third kappa shape index (κ3) is 12.1. The van der Waals surface area contributed by atoms with E-state index in [1.54, 1.807) is 0 Å². The van der Waals surface area contributed by atoms with Gasteiger partial charge in [-0.05, 0) is 80.3 Å². The second kappa shape index (κ2) is 11.3. The van der Waals surface area contributed by atoms with Gasteiger partial charge in [-0.25, -0.2) is 9.59 Å². The maximum atomic E-state index is 9.10.